The van der Waals surface area contributed by atoms with Gasteiger partial charge >= 0.3 is 0 Å². The Morgan fingerprint density at radius 2 is 1.38 bits per heavy atom. The summed E-state index contributed by atoms with van der Waals surface area (Å²) in [5.41, 5.74) is 19.1. The Hall–Kier alpha value is -7.45. The van der Waals surface area contributed by atoms with Gasteiger partial charge in [-0.2, -0.15) is 0 Å². The minimum Gasteiger partial charge on any atom is -0.379 e. The molecule has 3 aromatic rings. The number of benzene rings is 2. The fourth-order valence-corrected chi connectivity index (χ4v) is 13.1. The number of alkyl halides is 2. The molecule has 0 saturated carbocycles. The molecule has 10 amide bonds. The van der Waals surface area contributed by atoms with Gasteiger partial charge in [0.1, 0.15) is 24.2 Å². The smallest absolute Gasteiger partial charge is 0.251 e. The molecule has 0 bridgehead atoms. The summed E-state index contributed by atoms with van der Waals surface area (Å²) in [5.74, 6) is -6.03. The highest BCUT2D eigenvalue weighted by atomic mass is 79.9. The van der Waals surface area contributed by atoms with Crippen molar-refractivity contribution in [3.8, 4) is 0 Å². The average Bonchev–Trinajstić information content (AvgIpc) is 1.80. The summed E-state index contributed by atoms with van der Waals surface area (Å²) in [7, 11) is 8.35. The van der Waals surface area contributed by atoms with Gasteiger partial charge in [0, 0.05) is 86.6 Å². The van der Waals surface area contributed by atoms with E-state index >= 15 is 0 Å². The molecule has 560 valence electrons. The number of carbonyl (C=O) groups is 10. The van der Waals surface area contributed by atoms with Gasteiger partial charge in [-0.25, -0.2) is 9.97 Å². The monoisotopic (exact) mass is 1540 g/mol. The van der Waals surface area contributed by atoms with Crippen LogP contribution in [0.15, 0.2) is 47.6 Å². The predicted octanol–water partition coefficient (Wildman–Crippen LogP) is 4.96. The number of likely N-dealkylation sites (N-methyl/N-ethyl adjacent to an activating group) is 2. The van der Waals surface area contributed by atoms with E-state index in [1.54, 1.807) is 66.2 Å². The number of hydrogen-bond acceptors (Lipinski definition) is 18. The van der Waals surface area contributed by atoms with Crippen molar-refractivity contribution < 1.29 is 66.9 Å². The van der Waals surface area contributed by atoms with Gasteiger partial charge < -0.3 is 71.7 Å². The molecule has 101 heavy (non-hydrogen) atoms. The number of carbonyl (C=O) groups excluding carboxylic acids is 10. The Labute approximate surface area is 609 Å². The normalized spacial score (nSPS) is 16.3. The number of aromatic nitrogens is 2. The van der Waals surface area contributed by atoms with Gasteiger partial charge in [0.2, 0.25) is 53.2 Å². The van der Waals surface area contributed by atoms with Crippen LogP contribution in [0.3, 0.4) is 0 Å². The Morgan fingerprint density at radius 1 is 0.743 bits per heavy atom. The predicted molar refractivity (Wildman–Crippen MR) is 389 cm³/mol. The molecule has 1 aromatic heterocycles. The van der Waals surface area contributed by atoms with Crippen LogP contribution in [-0.4, -0.2) is 226 Å². The lowest BCUT2D eigenvalue weighted by Gasteiger charge is -2.41. The maximum Gasteiger partial charge on any atom is 0.251 e. The molecule has 32 heteroatoms. The number of halogens is 2. The van der Waals surface area contributed by atoms with E-state index in [-0.39, 0.29) is 113 Å². The molecule has 2 heterocycles. The van der Waals surface area contributed by atoms with Crippen LogP contribution in [0.2, 0.25) is 0 Å². The number of anilines is 1. The highest BCUT2D eigenvalue weighted by molar-refractivity contribution is 9.09. The first kappa shape index (κ1) is 86.0. The van der Waals surface area contributed by atoms with Crippen LogP contribution < -0.4 is 43.0 Å². The van der Waals surface area contributed by atoms with Gasteiger partial charge in [-0.1, -0.05) is 104 Å². The van der Waals surface area contributed by atoms with E-state index < -0.39 is 102 Å². The second-order valence-electron chi connectivity index (χ2n) is 26.4. The van der Waals surface area contributed by atoms with E-state index in [2.05, 4.69) is 89.1 Å². The molecule has 2 aromatic carbocycles. The molecule has 4 rings (SSSR count). The molecular weight excluding hydrogens is 1440 g/mol. The quantitative estimate of drug-likeness (QED) is 0.0122. The number of nitrogens with one attached hydrogen (secondary N) is 7. The van der Waals surface area contributed by atoms with Crippen LogP contribution in [0.4, 0.5) is 5.69 Å². The van der Waals surface area contributed by atoms with E-state index in [1.807, 2.05) is 60.5 Å². The number of nitrogens with zero attached hydrogens (tertiary/aromatic N) is 8. The van der Waals surface area contributed by atoms with Gasteiger partial charge in [-0.15, -0.1) is 0 Å². The fraction of sp³-hybridized carbons (Fsp3) is 0.652. The van der Waals surface area contributed by atoms with Crippen LogP contribution in [-0.2, 0) is 79.2 Å². The maximum atomic E-state index is 14.5. The van der Waals surface area contributed by atoms with Crippen LogP contribution in [0.25, 0.3) is 21.5 Å². The van der Waals surface area contributed by atoms with Crippen molar-refractivity contribution >= 4 is 108 Å². The SMILES string of the molecule is CC[C@H](C)[C@@H]([C@@H](CC(=O)N1CCC[C@H]1[C@H](OC)[C@@H](C)C(=O)N[C@H](CN=[N+]=[N-])Cc1ccc(NC(=O)[C@H](CCC(N)=O)NC(=O)[C@H](C)NC(=O)[C@H](C)NC(=O)CCOCCOCCNC(=O)c2ccc3nc(CBr)c(CBr)nc3c2)cc1)OC)N(C)C(=O)[C@@H](NC(=O)[C@H](C(C)C)N(C)C)C(C)C. The first-order valence-electron chi connectivity index (χ1n) is 34.3. The lowest BCUT2D eigenvalue weighted by Crippen LogP contribution is -2.59. The molecule has 0 radical (unpaired) electrons. The number of amides is 10. The molecule has 30 nitrogen and oxygen atoms in total. The highest BCUT2D eigenvalue weighted by Gasteiger charge is 2.44. The molecule has 1 fully saturated rings. The largest absolute Gasteiger partial charge is 0.379 e. The van der Waals surface area contributed by atoms with Gasteiger partial charge in [0.05, 0.1) is 91.5 Å². The van der Waals surface area contributed by atoms with Gasteiger partial charge in [0.15, 0.2) is 0 Å². The number of fused-ring (bicyclic) bond motifs is 1. The summed E-state index contributed by atoms with van der Waals surface area (Å²) in [6.45, 7) is 17.3. The van der Waals surface area contributed by atoms with Gasteiger partial charge in [0.25, 0.3) is 5.91 Å². The zero-order valence-corrected chi connectivity index (χ0v) is 63.9. The summed E-state index contributed by atoms with van der Waals surface area (Å²) >= 11 is 6.85. The van der Waals surface area contributed by atoms with Crippen molar-refractivity contribution in [1.82, 2.24) is 56.6 Å². The van der Waals surface area contributed by atoms with Crippen molar-refractivity contribution in [2.75, 3.05) is 86.7 Å². The number of ether oxygens (including phenoxy) is 4. The number of azide groups is 1. The minimum absolute atomic E-state index is 0.0111. The van der Waals surface area contributed by atoms with Crippen molar-refractivity contribution in [2.24, 2.45) is 34.5 Å². The Morgan fingerprint density at radius 3 is 1.96 bits per heavy atom. The van der Waals surface area contributed by atoms with E-state index in [0.717, 1.165) is 11.4 Å². The number of primary amides is 1. The number of nitrogens with two attached hydrogens (primary N) is 1. The summed E-state index contributed by atoms with van der Waals surface area (Å²) in [5, 5.41) is 24.1. The number of likely N-dealkylation sites (tertiary alicyclic amines) is 1. The third-order valence-electron chi connectivity index (χ3n) is 17.9. The number of hydrogen-bond donors (Lipinski definition) is 8. The minimum atomic E-state index is -1.28. The van der Waals surface area contributed by atoms with Crippen LogP contribution >= 0.6 is 31.9 Å². The van der Waals surface area contributed by atoms with E-state index in [9.17, 15) is 53.5 Å². The first-order valence-corrected chi connectivity index (χ1v) is 36.5. The topological polar surface area (TPSA) is 402 Å². The van der Waals surface area contributed by atoms with Crippen LogP contribution in [0.1, 0.15) is 135 Å². The number of rotatable bonds is 44. The highest BCUT2D eigenvalue weighted by Crippen LogP contribution is 2.30. The van der Waals surface area contributed by atoms with Crippen molar-refractivity contribution in [3.05, 3.63) is 75.4 Å². The van der Waals surface area contributed by atoms with E-state index in [4.69, 9.17) is 24.7 Å². The third kappa shape index (κ3) is 26.7. The van der Waals surface area contributed by atoms with E-state index in [1.165, 1.54) is 28.1 Å². The molecule has 1 saturated heterocycles. The number of methoxy groups -OCH3 is 2. The summed E-state index contributed by atoms with van der Waals surface area (Å²) in [6, 6.07) is 5.08. The van der Waals surface area contributed by atoms with Crippen molar-refractivity contribution in [3.63, 3.8) is 0 Å². The third-order valence-corrected chi connectivity index (χ3v) is 19.0. The summed E-state index contributed by atoms with van der Waals surface area (Å²) in [6.07, 6.45) is -0.0406. The molecule has 1 aliphatic rings. The second-order valence-corrected chi connectivity index (χ2v) is 27.5. The standard InChI is InChI=1S/C69H106Br2N16O14/c1-15-41(6)61(86(12)69(97)59(39(2)3)83-68(96)60(40(4)5)85(10)11)55(98-13)35-58(90)87-28-16-17-54(87)62(99-14)42(7)63(91)79-48(38-75-84-73)33-45-18-21-47(22-19-45)78-67(95)50(24-25-56(72)88)82-65(93)44(9)77-64(92)43(8)76-57(89)26-29-100-31-32-101-30-27-74-66(94)46-20-23-49-51(34-46)81-53(37-71)52(36-70)80-49/h18-23,34,39-44,48,50,54-55,59-62H,15-17,24-33,35-38H2,1-14H3,(H2,72,88)(H,74,94)(H,76,89)(H,77,92)(H,78,95)(H,79,91)(H,82,93)(H,83,96)/t41-,42+,43-,44-,48-,50-,54-,55+,59-,60-,61-,62+/m0/s1. The Balaban J connectivity index is 1.27. The molecule has 0 spiro atoms. The summed E-state index contributed by atoms with van der Waals surface area (Å²) < 4.78 is 23.2. The lowest BCUT2D eigenvalue weighted by molar-refractivity contribution is -0.148. The lowest BCUT2D eigenvalue weighted by atomic mass is 9.89. The molecule has 9 N–H and O–H groups in total. The average molecular weight is 1540 g/mol. The molecule has 12 atom stereocenters. The van der Waals surface area contributed by atoms with Crippen LogP contribution in [0, 0.1) is 23.7 Å². The summed E-state index contributed by atoms with van der Waals surface area (Å²) in [4.78, 5) is 152. The molecular formula is C69H106Br2N16O14. The first-order chi connectivity index (χ1) is 47.9. The molecule has 1 aliphatic heterocycles. The van der Waals surface area contributed by atoms with Crippen LogP contribution in [0.5, 0.6) is 0 Å². The molecule has 0 unspecified atom stereocenters. The van der Waals surface area contributed by atoms with E-state index in [0.29, 0.717) is 64.3 Å². The van der Waals surface area contributed by atoms with Crippen molar-refractivity contribution in [1.29, 1.82) is 0 Å². The Kier molecular flexibility index (Phi) is 37.0. The van der Waals surface area contributed by atoms with Gasteiger partial charge in [-0.3, -0.25) is 52.8 Å². The zero-order valence-electron chi connectivity index (χ0n) is 60.8. The zero-order chi connectivity index (χ0) is 75.2. The maximum absolute atomic E-state index is 14.5. The fourth-order valence-electron chi connectivity index (χ4n) is 12.2. The van der Waals surface area contributed by atoms with Gasteiger partial charge in [-0.05, 0) is 113 Å². The molecule has 0 aliphatic carbocycles. The second kappa shape index (κ2) is 43.5. The Bertz CT molecular complexity index is 3300. The van der Waals surface area contributed by atoms with Crippen molar-refractivity contribution in [2.45, 2.75) is 185 Å².